The number of benzene rings is 1. The summed E-state index contributed by atoms with van der Waals surface area (Å²) in [5.41, 5.74) is 0.923. The van der Waals surface area contributed by atoms with Crippen molar-refractivity contribution in [2.45, 2.75) is 122 Å². The van der Waals surface area contributed by atoms with Gasteiger partial charge in [0.15, 0.2) is 0 Å². The molecule has 5 atom stereocenters. The van der Waals surface area contributed by atoms with E-state index in [9.17, 15) is 24.6 Å². The smallest absolute Gasteiger partial charge is 0.243 e. The fraction of sp³-hybridized carbons (Fsp3) is 0.718. The van der Waals surface area contributed by atoms with Gasteiger partial charge in [0, 0.05) is 26.4 Å². The maximum atomic E-state index is 13.9. The molecule has 0 bridgehead atoms. The molecule has 1 aliphatic carbocycles. The Morgan fingerprint density at radius 1 is 0.979 bits per heavy atom. The van der Waals surface area contributed by atoms with Crippen molar-refractivity contribution in [1.82, 2.24) is 20.4 Å². The van der Waals surface area contributed by atoms with Crippen molar-refractivity contribution in [2.75, 3.05) is 33.7 Å². The summed E-state index contributed by atoms with van der Waals surface area (Å²) >= 11 is 0. The minimum Gasteiger partial charge on any atom is -0.390 e. The highest BCUT2D eigenvalue weighted by atomic mass is 16.3. The first-order valence-electron chi connectivity index (χ1n) is 18.3. The zero-order valence-corrected chi connectivity index (χ0v) is 29.9. The lowest BCUT2D eigenvalue weighted by Gasteiger charge is -2.33. The Balaban J connectivity index is 1.70. The molecule has 0 aromatic heterocycles. The molecule has 1 aromatic carbocycles. The van der Waals surface area contributed by atoms with Gasteiger partial charge in [-0.05, 0) is 82.0 Å². The molecular weight excluding hydrogens is 604 g/mol. The van der Waals surface area contributed by atoms with Crippen molar-refractivity contribution >= 4 is 17.7 Å². The highest BCUT2D eigenvalue weighted by Crippen LogP contribution is 2.29. The third-order valence-corrected chi connectivity index (χ3v) is 10.4. The highest BCUT2D eigenvalue weighted by Gasteiger charge is 2.34. The molecule has 1 aromatic rings. The molecule has 1 aliphatic heterocycles. The summed E-state index contributed by atoms with van der Waals surface area (Å²) in [4.78, 5) is 45.1. The zero-order valence-electron chi connectivity index (χ0n) is 29.9. The minimum absolute atomic E-state index is 0.0133. The van der Waals surface area contributed by atoms with Gasteiger partial charge < -0.3 is 30.6 Å². The van der Waals surface area contributed by atoms with Crippen LogP contribution in [-0.2, 0) is 20.8 Å². The number of carbonyl (C=O) groups excluding carboxylic acids is 3. The quantitative estimate of drug-likeness (QED) is 0.175. The number of nitrogens with zero attached hydrogens (tertiary/aromatic N) is 2. The number of likely N-dealkylation sites (tertiary alicyclic amines) is 1. The summed E-state index contributed by atoms with van der Waals surface area (Å²) in [5.74, 6) is 1.92. The van der Waals surface area contributed by atoms with Crippen LogP contribution < -0.4 is 10.6 Å². The Hall–Kier alpha value is -2.93. The maximum Gasteiger partial charge on any atom is 0.243 e. The summed E-state index contributed by atoms with van der Waals surface area (Å²) in [6.07, 6.45) is 13.5. The summed E-state index contributed by atoms with van der Waals surface area (Å²) in [7, 11) is 3.94. The highest BCUT2D eigenvalue weighted by molar-refractivity contribution is 5.91. The second-order valence-corrected chi connectivity index (χ2v) is 15.0. The first-order valence-corrected chi connectivity index (χ1v) is 18.3. The van der Waals surface area contributed by atoms with E-state index in [4.69, 9.17) is 6.42 Å². The zero-order chi connectivity index (χ0) is 35.1. The van der Waals surface area contributed by atoms with E-state index in [2.05, 4.69) is 28.5 Å². The predicted octanol–water partition coefficient (Wildman–Crippen LogP) is 4.16. The van der Waals surface area contributed by atoms with E-state index < -0.39 is 42.0 Å². The number of carbonyl (C=O) groups is 3. The van der Waals surface area contributed by atoms with Crippen molar-refractivity contribution in [1.29, 1.82) is 0 Å². The maximum absolute atomic E-state index is 13.9. The van der Waals surface area contributed by atoms with Crippen LogP contribution in [0.5, 0.6) is 0 Å². The summed E-state index contributed by atoms with van der Waals surface area (Å²) in [6, 6.07) is 7.86. The van der Waals surface area contributed by atoms with E-state index in [0.29, 0.717) is 37.6 Å². The lowest BCUT2D eigenvalue weighted by Crippen LogP contribution is -2.56. The molecule has 0 spiro atoms. The summed E-state index contributed by atoms with van der Waals surface area (Å²) in [6.45, 7) is 6.75. The number of aliphatic hydroxyl groups excluding tert-OH is 2. The van der Waals surface area contributed by atoms with Gasteiger partial charge in [0.2, 0.25) is 17.7 Å². The van der Waals surface area contributed by atoms with Crippen molar-refractivity contribution in [2.24, 2.45) is 23.7 Å². The Bertz CT molecular complexity index is 1160. The Morgan fingerprint density at radius 3 is 2.27 bits per heavy atom. The molecule has 0 unspecified atom stereocenters. The van der Waals surface area contributed by atoms with E-state index in [1.165, 1.54) is 6.42 Å². The van der Waals surface area contributed by atoms with Crippen LogP contribution in [0.15, 0.2) is 30.3 Å². The van der Waals surface area contributed by atoms with Gasteiger partial charge in [0.1, 0.15) is 12.1 Å². The lowest BCUT2D eigenvalue weighted by atomic mass is 9.82. The third kappa shape index (κ3) is 13.5. The molecular formula is C39H62N4O5. The molecule has 1 heterocycles. The van der Waals surface area contributed by atoms with Gasteiger partial charge in [-0.25, -0.2) is 0 Å². The summed E-state index contributed by atoms with van der Waals surface area (Å²) < 4.78 is 0. The number of rotatable bonds is 18. The normalized spacial score (nSPS) is 19.5. The fourth-order valence-corrected chi connectivity index (χ4v) is 7.23. The molecule has 268 valence electrons. The molecule has 48 heavy (non-hydrogen) atoms. The van der Waals surface area contributed by atoms with Gasteiger partial charge in [-0.3, -0.25) is 14.4 Å². The van der Waals surface area contributed by atoms with E-state index in [1.54, 1.807) is 11.9 Å². The van der Waals surface area contributed by atoms with E-state index in [0.717, 1.165) is 63.6 Å². The molecule has 4 N–H and O–H groups in total. The molecule has 3 amide bonds. The van der Waals surface area contributed by atoms with E-state index >= 15 is 0 Å². The van der Waals surface area contributed by atoms with Gasteiger partial charge in [0.05, 0.1) is 18.1 Å². The van der Waals surface area contributed by atoms with Crippen LogP contribution in [0.2, 0.25) is 0 Å². The molecule has 3 rings (SSSR count). The number of amides is 3. The Kier molecular flexibility index (Phi) is 16.9. The van der Waals surface area contributed by atoms with Crippen molar-refractivity contribution in [3.05, 3.63) is 35.9 Å². The second-order valence-electron chi connectivity index (χ2n) is 15.0. The monoisotopic (exact) mass is 666 g/mol. The van der Waals surface area contributed by atoms with Crippen molar-refractivity contribution in [3.63, 3.8) is 0 Å². The van der Waals surface area contributed by atoms with Crippen molar-refractivity contribution < 1.29 is 24.6 Å². The number of piperidine rings is 1. The number of hydrogen-bond donors (Lipinski definition) is 4. The number of hydrogen-bond acceptors (Lipinski definition) is 6. The first kappa shape index (κ1) is 39.5. The van der Waals surface area contributed by atoms with Crippen LogP contribution in [0, 0.1) is 36.0 Å². The third-order valence-electron chi connectivity index (χ3n) is 10.4. The predicted molar refractivity (Wildman–Crippen MR) is 191 cm³/mol. The van der Waals surface area contributed by atoms with Crippen LogP contribution in [0.4, 0.5) is 0 Å². The van der Waals surface area contributed by atoms with E-state index in [-0.39, 0.29) is 24.7 Å². The molecule has 1 saturated heterocycles. The van der Waals surface area contributed by atoms with Crippen LogP contribution in [0.1, 0.15) is 96.5 Å². The van der Waals surface area contributed by atoms with Crippen molar-refractivity contribution in [3.8, 4) is 12.3 Å². The van der Waals surface area contributed by atoms with Gasteiger partial charge in [-0.1, -0.05) is 76.3 Å². The Labute approximate surface area is 289 Å². The molecule has 2 fully saturated rings. The standard InChI is InChI=1S/C39H62N4O5/c1-6-13-33(39(48)41-34(26-31-16-11-8-12-17-31)37(46)35(44)24-28(2)3)40-38(47)32(25-30-14-9-7-10-15-30)27-36(45)43(5)23-20-29-18-21-42(4)22-19-29/h1,7,9-10,14-15,28-29,31-35,37,44,46H,8,11-13,16-27H2,2-5H3,(H,40,47)(H,41,48)/t32-,33+,34+,35+,37-/m1/s1. The van der Waals surface area contributed by atoms with Gasteiger partial charge in [0.25, 0.3) is 0 Å². The number of aliphatic hydroxyl groups is 2. The van der Waals surface area contributed by atoms with Gasteiger partial charge in [-0.15, -0.1) is 12.3 Å². The van der Waals surface area contributed by atoms with Gasteiger partial charge >= 0.3 is 0 Å². The second kappa shape index (κ2) is 20.6. The molecule has 0 radical (unpaired) electrons. The van der Waals surface area contributed by atoms with Crippen LogP contribution in [0.3, 0.4) is 0 Å². The Morgan fingerprint density at radius 2 is 1.65 bits per heavy atom. The van der Waals surface area contributed by atoms with Crippen LogP contribution >= 0.6 is 0 Å². The van der Waals surface area contributed by atoms with Crippen LogP contribution in [-0.4, -0.2) is 95.8 Å². The molecule has 1 saturated carbocycles. The molecule has 9 heteroatoms. The summed E-state index contributed by atoms with van der Waals surface area (Å²) in [5, 5.41) is 27.9. The number of nitrogens with one attached hydrogen (secondary N) is 2. The van der Waals surface area contributed by atoms with Gasteiger partial charge in [-0.2, -0.15) is 0 Å². The number of terminal acetylenes is 1. The minimum atomic E-state index is -1.14. The van der Waals surface area contributed by atoms with E-state index in [1.807, 2.05) is 44.2 Å². The largest absolute Gasteiger partial charge is 0.390 e. The van der Waals surface area contributed by atoms with Crippen LogP contribution in [0.25, 0.3) is 0 Å². The molecule has 2 aliphatic rings. The average molecular weight is 667 g/mol. The first-order chi connectivity index (χ1) is 23.0. The topological polar surface area (TPSA) is 122 Å². The SMILES string of the molecule is C#CC[C@H](NC(=O)[C@@H](CC(=O)N(C)CCC1CCN(C)CC1)Cc1ccccc1)C(=O)N[C@@H](CC1CCCCC1)[C@@H](O)[C@@H](O)CC(C)C. The lowest BCUT2D eigenvalue weighted by molar-refractivity contribution is -0.137. The molecule has 9 nitrogen and oxygen atoms in total. The average Bonchev–Trinajstić information content (AvgIpc) is 3.07. The fourth-order valence-electron chi connectivity index (χ4n) is 7.23.